The molecule has 25 heavy (non-hydrogen) atoms. The fourth-order valence-electron chi connectivity index (χ4n) is 3.40. The van der Waals surface area contributed by atoms with Gasteiger partial charge in [-0.05, 0) is 42.7 Å². The van der Waals surface area contributed by atoms with Crippen LogP contribution in [0.15, 0.2) is 48.5 Å². The van der Waals surface area contributed by atoms with Crippen LogP contribution >= 0.6 is 0 Å². The summed E-state index contributed by atoms with van der Waals surface area (Å²) < 4.78 is 0. The molecule has 3 rings (SSSR count). The van der Waals surface area contributed by atoms with Gasteiger partial charge in [-0.2, -0.15) is 0 Å². The Labute approximate surface area is 150 Å². The standard InChI is InChI=1S/C21H27N3O/c1-16-13-18-7-5-6-8-20(18)24(16)15-21(25)23(4)14-17-9-11-19(12-10-17)22(2)3/h5-12,16H,13-15H2,1-4H3/t16-/m0/s1. The Hall–Kier alpha value is -2.49. The quantitative estimate of drug-likeness (QED) is 0.838. The van der Waals surface area contributed by atoms with Gasteiger partial charge in [0.1, 0.15) is 0 Å². The summed E-state index contributed by atoms with van der Waals surface area (Å²) in [5.74, 6) is 0.153. The summed E-state index contributed by atoms with van der Waals surface area (Å²) in [6.45, 7) is 3.26. The van der Waals surface area contributed by atoms with Crippen molar-refractivity contribution >= 4 is 17.3 Å². The van der Waals surface area contributed by atoms with Crippen molar-refractivity contribution in [1.29, 1.82) is 0 Å². The summed E-state index contributed by atoms with van der Waals surface area (Å²) in [7, 11) is 5.94. The van der Waals surface area contributed by atoms with E-state index < -0.39 is 0 Å². The number of benzene rings is 2. The van der Waals surface area contributed by atoms with Gasteiger partial charge in [0.25, 0.3) is 0 Å². The molecule has 132 valence electrons. The molecular formula is C21H27N3O. The highest BCUT2D eigenvalue weighted by Crippen LogP contribution is 2.31. The van der Waals surface area contributed by atoms with E-state index in [0.29, 0.717) is 19.1 Å². The average molecular weight is 337 g/mol. The van der Waals surface area contributed by atoms with E-state index in [-0.39, 0.29) is 5.91 Å². The van der Waals surface area contributed by atoms with Gasteiger partial charge in [-0.1, -0.05) is 30.3 Å². The van der Waals surface area contributed by atoms with Crippen molar-refractivity contribution in [2.24, 2.45) is 0 Å². The molecule has 0 bridgehead atoms. The number of fused-ring (bicyclic) bond motifs is 1. The van der Waals surface area contributed by atoms with Crippen LogP contribution in [0, 0.1) is 0 Å². The van der Waals surface area contributed by atoms with Crippen LogP contribution in [0.4, 0.5) is 11.4 Å². The van der Waals surface area contributed by atoms with Crippen molar-refractivity contribution in [1.82, 2.24) is 4.90 Å². The lowest BCUT2D eigenvalue weighted by atomic mass is 10.1. The number of hydrogen-bond donors (Lipinski definition) is 0. The molecule has 1 aliphatic rings. The molecule has 0 fully saturated rings. The van der Waals surface area contributed by atoms with Crippen LogP contribution in [0.3, 0.4) is 0 Å². The normalized spacial score (nSPS) is 15.8. The van der Waals surface area contributed by atoms with Gasteiger partial charge >= 0.3 is 0 Å². The largest absolute Gasteiger partial charge is 0.378 e. The lowest BCUT2D eigenvalue weighted by Gasteiger charge is -2.27. The third-order valence-electron chi connectivity index (χ3n) is 4.95. The Balaban J connectivity index is 1.63. The van der Waals surface area contributed by atoms with E-state index in [0.717, 1.165) is 12.0 Å². The van der Waals surface area contributed by atoms with Gasteiger partial charge in [0.15, 0.2) is 0 Å². The highest BCUT2D eigenvalue weighted by molar-refractivity contribution is 5.82. The van der Waals surface area contributed by atoms with Crippen LogP contribution < -0.4 is 9.80 Å². The summed E-state index contributed by atoms with van der Waals surface area (Å²) in [5.41, 5.74) is 4.85. The molecule has 0 aromatic heterocycles. The molecule has 0 unspecified atom stereocenters. The molecule has 0 aliphatic carbocycles. The number of rotatable bonds is 5. The van der Waals surface area contributed by atoms with Gasteiger partial charge in [-0.3, -0.25) is 4.79 Å². The highest BCUT2D eigenvalue weighted by Gasteiger charge is 2.27. The van der Waals surface area contributed by atoms with Gasteiger partial charge in [0, 0.05) is 45.1 Å². The minimum atomic E-state index is 0.153. The maximum atomic E-state index is 12.7. The topological polar surface area (TPSA) is 26.8 Å². The van der Waals surface area contributed by atoms with Gasteiger partial charge in [0.05, 0.1) is 6.54 Å². The number of likely N-dealkylation sites (N-methyl/N-ethyl adjacent to an activating group) is 1. The molecule has 0 N–H and O–H groups in total. The molecule has 0 saturated heterocycles. The lowest BCUT2D eigenvalue weighted by molar-refractivity contribution is -0.129. The van der Waals surface area contributed by atoms with Crippen molar-refractivity contribution in [2.75, 3.05) is 37.5 Å². The van der Waals surface area contributed by atoms with Crippen molar-refractivity contribution in [3.8, 4) is 0 Å². The molecule has 0 saturated carbocycles. The van der Waals surface area contributed by atoms with Crippen LogP contribution in [0.2, 0.25) is 0 Å². The smallest absolute Gasteiger partial charge is 0.242 e. The monoisotopic (exact) mass is 337 g/mol. The van der Waals surface area contributed by atoms with E-state index in [1.54, 1.807) is 0 Å². The Bertz CT molecular complexity index is 739. The third kappa shape index (κ3) is 3.78. The van der Waals surface area contributed by atoms with Crippen LogP contribution in [0.25, 0.3) is 0 Å². The Kier molecular flexibility index (Phi) is 4.98. The predicted octanol–water partition coefficient (Wildman–Crippen LogP) is 3.16. The van der Waals surface area contributed by atoms with E-state index in [4.69, 9.17) is 0 Å². The molecule has 4 heteroatoms. The number of carbonyl (C=O) groups excluding carboxylic acids is 1. The molecule has 2 aromatic carbocycles. The minimum absolute atomic E-state index is 0.153. The second kappa shape index (κ2) is 7.18. The Morgan fingerprint density at radius 1 is 1.08 bits per heavy atom. The molecule has 1 amide bonds. The molecule has 4 nitrogen and oxygen atoms in total. The van der Waals surface area contributed by atoms with Gasteiger partial charge in [-0.15, -0.1) is 0 Å². The van der Waals surface area contributed by atoms with Crippen LogP contribution in [-0.2, 0) is 17.8 Å². The number of anilines is 2. The van der Waals surface area contributed by atoms with Crippen LogP contribution in [0.5, 0.6) is 0 Å². The molecular weight excluding hydrogens is 310 g/mol. The number of amides is 1. The van der Waals surface area contributed by atoms with Crippen molar-refractivity contribution in [2.45, 2.75) is 25.9 Å². The number of nitrogens with zero attached hydrogens (tertiary/aromatic N) is 3. The van der Waals surface area contributed by atoms with Gasteiger partial charge < -0.3 is 14.7 Å². The maximum absolute atomic E-state index is 12.7. The molecule has 1 atom stereocenters. The average Bonchev–Trinajstić information content (AvgIpc) is 2.91. The van der Waals surface area contributed by atoms with E-state index in [2.05, 4.69) is 59.2 Å². The zero-order valence-electron chi connectivity index (χ0n) is 15.6. The van der Waals surface area contributed by atoms with E-state index in [1.165, 1.54) is 16.9 Å². The zero-order valence-corrected chi connectivity index (χ0v) is 15.6. The minimum Gasteiger partial charge on any atom is -0.378 e. The zero-order chi connectivity index (χ0) is 18.0. The lowest BCUT2D eigenvalue weighted by Crippen LogP contribution is -2.40. The number of para-hydroxylation sites is 1. The Morgan fingerprint density at radius 3 is 2.44 bits per heavy atom. The Morgan fingerprint density at radius 2 is 1.76 bits per heavy atom. The van der Waals surface area contributed by atoms with E-state index >= 15 is 0 Å². The number of carbonyl (C=O) groups is 1. The molecule has 2 aromatic rings. The van der Waals surface area contributed by atoms with E-state index in [9.17, 15) is 4.79 Å². The van der Waals surface area contributed by atoms with Crippen LogP contribution in [-0.4, -0.2) is 44.5 Å². The first kappa shape index (κ1) is 17.3. The fraction of sp³-hybridized carbons (Fsp3) is 0.381. The summed E-state index contributed by atoms with van der Waals surface area (Å²) in [6, 6.07) is 17.1. The summed E-state index contributed by atoms with van der Waals surface area (Å²) >= 11 is 0. The molecule has 0 spiro atoms. The molecule has 0 radical (unpaired) electrons. The molecule has 1 aliphatic heterocycles. The number of hydrogen-bond acceptors (Lipinski definition) is 3. The highest BCUT2D eigenvalue weighted by atomic mass is 16.2. The summed E-state index contributed by atoms with van der Waals surface area (Å²) in [4.78, 5) is 18.8. The van der Waals surface area contributed by atoms with Gasteiger partial charge in [0.2, 0.25) is 5.91 Å². The predicted molar refractivity (Wildman–Crippen MR) is 104 cm³/mol. The van der Waals surface area contributed by atoms with E-state index in [1.807, 2.05) is 32.1 Å². The van der Waals surface area contributed by atoms with Crippen molar-refractivity contribution in [3.63, 3.8) is 0 Å². The van der Waals surface area contributed by atoms with Gasteiger partial charge in [-0.25, -0.2) is 0 Å². The van der Waals surface area contributed by atoms with Crippen LogP contribution in [0.1, 0.15) is 18.1 Å². The fourth-order valence-corrected chi connectivity index (χ4v) is 3.40. The van der Waals surface area contributed by atoms with Crippen molar-refractivity contribution < 1.29 is 4.79 Å². The second-order valence-corrected chi connectivity index (χ2v) is 7.12. The molecule has 1 heterocycles. The SMILES string of the molecule is C[C@H]1Cc2ccccc2N1CC(=O)N(C)Cc1ccc(N(C)C)cc1. The first-order valence-corrected chi connectivity index (χ1v) is 8.80. The summed E-state index contributed by atoms with van der Waals surface area (Å²) in [5, 5.41) is 0. The third-order valence-corrected chi connectivity index (χ3v) is 4.95. The maximum Gasteiger partial charge on any atom is 0.242 e. The summed E-state index contributed by atoms with van der Waals surface area (Å²) in [6.07, 6.45) is 1.01. The second-order valence-electron chi connectivity index (χ2n) is 7.12. The van der Waals surface area contributed by atoms with Crippen molar-refractivity contribution in [3.05, 3.63) is 59.7 Å². The first-order valence-electron chi connectivity index (χ1n) is 8.80. The first-order chi connectivity index (χ1) is 12.0.